The molecule has 1 aromatic heterocycles. The highest BCUT2D eigenvalue weighted by atomic mass is 16.5. The molecule has 2 unspecified atom stereocenters. The number of nitrogens with zero attached hydrogens (tertiary/aromatic N) is 2. The standard InChI is InChI=1S/C15H22N2O/c1-11-4-3-5-12(16-11)10-17-13-6-7-14(17)9-15(8-13)18-2/h3-5,13-15H,6-10H2,1-2H3. The highest BCUT2D eigenvalue weighted by Crippen LogP contribution is 2.37. The number of aromatic nitrogens is 1. The lowest BCUT2D eigenvalue weighted by Gasteiger charge is -2.38. The van der Waals surface area contributed by atoms with Gasteiger partial charge in [-0.15, -0.1) is 0 Å². The molecule has 0 amide bonds. The largest absolute Gasteiger partial charge is 0.381 e. The molecule has 3 heteroatoms. The van der Waals surface area contributed by atoms with Gasteiger partial charge in [0.25, 0.3) is 0 Å². The molecule has 2 atom stereocenters. The van der Waals surface area contributed by atoms with E-state index in [9.17, 15) is 0 Å². The molecule has 98 valence electrons. The molecule has 0 saturated carbocycles. The van der Waals surface area contributed by atoms with Crippen LogP contribution < -0.4 is 0 Å². The fraction of sp³-hybridized carbons (Fsp3) is 0.667. The maximum absolute atomic E-state index is 5.55. The zero-order valence-electron chi connectivity index (χ0n) is 11.3. The number of fused-ring (bicyclic) bond motifs is 2. The summed E-state index contributed by atoms with van der Waals surface area (Å²) in [5, 5.41) is 0. The third-order valence-electron chi connectivity index (χ3n) is 4.46. The van der Waals surface area contributed by atoms with Gasteiger partial charge in [0.15, 0.2) is 0 Å². The molecule has 2 saturated heterocycles. The van der Waals surface area contributed by atoms with Crippen LogP contribution in [0.25, 0.3) is 0 Å². The Labute approximate surface area is 109 Å². The van der Waals surface area contributed by atoms with Crippen molar-refractivity contribution in [3.05, 3.63) is 29.6 Å². The third-order valence-corrected chi connectivity index (χ3v) is 4.46. The van der Waals surface area contributed by atoms with Crippen molar-refractivity contribution in [2.24, 2.45) is 0 Å². The van der Waals surface area contributed by atoms with Crippen LogP contribution >= 0.6 is 0 Å². The minimum Gasteiger partial charge on any atom is -0.381 e. The van der Waals surface area contributed by atoms with Crippen LogP contribution in [0.4, 0.5) is 0 Å². The molecule has 0 spiro atoms. The molecule has 2 fully saturated rings. The first-order valence-electron chi connectivity index (χ1n) is 6.97. The summed E-state index contributed by atoms with van der Waals surface area (Å²) in [6.07, 6.45) is 5.52. The summed E-state index contributed by atoms with van der Waals surface area (Å²) < 4.78 is 5.55. The number of ether oxygens (including phenoxy) is 1. The van der Waals surface area contributed by atoms with Crippen LogP contribution in [-0.4, -0.2) is 35.2 Å². The molecule has 0 N–H and O–H groups in total. The first-order chi connectivity index (χ1) is 8.76. The second-order valence-electron chi connectivity index (χ2n) is 5.66. The predicted molar refractivity (Wildman–Crippen MR) is 71.4 cm³/mol. The monoisotopic (exact) mass is 246 g/mol. The molecule has 0 aromatic carbocycles. The van der Waals surface area contributed by atoms with Gasteiger partial charge in [0.05, 0.1) is 11.8 Å². The van der Waals surface area contributed by atoms with E-state index in [4.69, 9.17) is 4.74 Å². The number of rotatable bonds is 3. The Bertz CT molecular complexity index is 407. The average Bonchev–Trinajstić information content (AvgIpc) is 2.62. The van der Waals surface area contributed by atoms with Gasteiger partial charge in [-0.25, -0.2) is 0 Å². The van der Waals surface area contributed by atoms with Gasteiger partial charge < -0.3 is 4.74 Å². The Balaban J connectivity index is 1.71. The van der Waals surface area contributed by atoms with Gasteiger partial charge >= 0.3 is 0 Å². The van der Waals surface area contributed by atoms with E-state index >= 15 is 0 Å². The fourth-order valence-corrected chi connectivity index (χ4v) is 3.55. The van der Waals surface area contributed by atoms with Crippen molar-refractivity contribution in [3.63, 3.8) is 0 Å². The Hall–Kier alpha value is -0.930. The molecule has 3 nitrogen and oxygen atoms in total. The quantitative estimate of drug-likeness (QED) is 0.819. The van der Waals surface area contributed by atoms with Gasteiger partial charge in [-0.05, 0) is 44.7 Å². The molecule has 3 rings (SSSR count). The Morgan fingerprint density at radius 3 is 2.61 bits per heavy atom. The minimum absolute atomic E-state index is 0.476. The summed E-state index contributed by atoms with van der Waals surface area (Å²) in [5.41, 5.74) is 2.33. The Morgan fingerprint density at radius 2 is 2.00 bits per heavy atom. The van der Waals surface area contributed by atoms with Crippen molar-refractivity contribution in [1.82, 2.24) is 9.88 Å². The SMILES string of the molecule is COC1CC2CCC(C1)N2Cc1cccc(C)n1. The summed E-state index contributed by atoms with van der Waals surface area (Å²) in [7, 11) is 1.85. The van der Waals surface area contributed by atoms with Crippen LogP contribution in [-0.2, 0) is 11.3 Å². The normalized spacial score (nSPS) is 31.8. The molecule has 1 aromatic rings. The lowest BCUT2D eigenvalue weighted by Crippen LogP contribution is -2.44. The van der Waals surface area contributed by atoms with Crippen LogP contribution in [0.1, 0.15) is 37.1 Å². The van der Waals surface area contributed by atoms with Crippen molar-refractivity contribution < 1.29 is 4.74 Å². The minimum atomic E-state index is 0.476. The topological polar surface area (TPSA) is 25.4 Å². The van der Waals surface area contributed by atoms with E-state index in [-0.39, 0.29) is 0 Å². The van der Waals surface area contributed by atoms with Gasteiger partial charge in [-0.1, -0.05) is 6.07 Å². The van der Waals surface area contributed by atoms with Crippen LogP contribution in [0, 0.1) is 6.92 Å². The molecule has 0 radical (unpaired) electrons. The van der Waals surface area contributed by atoms with Gasteiger partial charge in [-0.3, -0.25) is 9.88 Å². The summed E-state index contributed by atoms with van der Waals surface area (Å²) in [5.74, 6) is 0. The average molecular weight is 246 g/mol. The molecule has 2 aliphatic heterocycles. The van der Waals surface area contributed by atoms with Gasteiger partial charge in [0.1, 0.15) is 0 Å². The van der Waals surface area contributed by atoms with Gasteiger partial charge in [0.2, 0.25) is 0 Å². The van der Waals surface area contributed by atoms with Crippen molar-refractivity contribution in [3.8, 4) is 0 Å². The lowest BCUT2D eigenvalue weighted by atomic mass is 9.99. The maximum atomic E-state index is 5.55. The Kier molecular flexibility index (Phi) is 3.35. The summed E-state index contributed by atoms with van der Waals surface area (Å²) in [4.78, 5) is 7.28. The predicted octanol–water partition coefficient (Wildman–Crippen LogP) is 2.53. The number of hydrogen-bond acceptors (Lipinski definition) is 3. The maximum Gasteiger partial charge on any atom is 0.0601 e. The van der Waals surface area contributed by atoms with Gasteiger partial charge in [0, 0.05) is 31.4 Å². The highest BCUT2D eigenvalue weighted by Gasteiger charge is 2.40. The van der Waals surface area contributed by atoms with Gasteiger partial charge in [-0.2, -0.15) is 0 Å². The highest BCUT2D eigenvalue weighted by molar-refractivity contribution is 5.11. The zero-order chi connectivity index (χ0) is 12.5. The summed E-state index contributed by atoms with van der Waals surface area (Å²) in [6.45, 7) is 3.07. The molecule has 2 bridgehead atoms. The van der Waals surface area contributed by atoms with E-state index in [0.29, 0.717) is 18.2 Å². The van der Waals surface area contributed by atoms with Crippen LogP contribution in [0.5, 0.6) is 0 Å². The van der Waals surface area contributed by atoms with E-state index < -0.39 is 0 Å². The number of aryl methyl sites for hydroxylation is 1. The van der Waals surface area contributed by atoms with Crippen LogP contribution in [0.3, 0.4) is 0 Å². The molecule has 3 heterocycles. The molecular formula is C15H22N2O. The molecule has 2 aliphatic rings. The van der Waals surface area contributed by atoms with Crippen molar-refractivity contribution in [1.29, 1.82) is 0 Å². The van der Waals surface area contributed by atoms with Crippen LogP contribution in [0.15, 0.2) is 18.2 Å². The molecular weight excluding hydrogens is 224 g/mol. The fourth-order valence-electron chi connectivity index (χ4n) is 3.55. The van der Waals surface area contributed by atoms with Crippen LogP contribution in [0.2, 0.25) is 0 Å². The second-order valence-corrected chi connectivity index (χ2v) is 5.66. The number of pyridine rings is 1. The first kappa shape index (κ1) is 12.1. The molecule has 18 heavy (non-hydrogen) atoms. The Morgan fingerprint density at radius 1 is 1.28 bits per heavy atom. The van der Waals surface area contributed by atoms with Crippen molar-refractivity contribution >= 4 is 0 Å². The zero-order valence-corrected chi connectivity index (χ0v) is 11.3. The van der Waals surface area contributed by atoms with Crippen molar-refractivity contribution in [2.75, 3.05) is 7.11 Å². The number of hydrogen-bond donors (Lipinski definition) is 0. The van der Waals surface area contributed by atoms with E-state index in [1.807, 2.05) is 7.11 Å². The van der Waals surface area contributed by atoms with E-state index in [0.717, 1.165) is 12.2 Å². The first-order valence-corrected chi connectivity index (χ1v) is 6.97. The second kappa shape index (κ2) is 4.98. The van der Waals surface area contributed by atoms with E-state index in [1.54, 1.807) is 0 Å². The molecule has 0 aliphatic carbocycles. The van der Waals surface area contributed by atoms with E-state index in [1.165, 1.54) is 31.4 Å². The van der Waals surface area contributed by atoms with Crippen molar-refractivity contribution in [2.45, 2.75) is 57.3 Å². The lowest BCUT2D eigenvalue weighted by molar-refractivity contribution is 0.00205. The number of piperidine rings is 1. The summed E-state index contributed by atoms with van der Waals surface area (Å²) >= 11 is 0. The third kappa shape index (κ3) is 2.29. The summed E-state index contributed by atoms with van der Waals surface area (Å²) in [6, 6.07) is 7.73. The van der Waals surface area contributed by atoms with E-state index in [2.05, 4.69) is 35.0 Å². The number of methoxy groups -OCH3 is 1. The smallest absolute Gasteiger partial charge is 0.0601 e.